The number of sulfonamides is 1. The van der Waals surface area contributed by atoms with Crippen LogP contribution in [0.2, 0.25) is 10.0 Å². The second-order valence-electron chi connectivity index (χ2n) is 6.35. The van der Waals surface area contributed by atoms with Crippen molar-refractivity contribution < 1.29 is 12.8 Å². The highest BCUT2D eigenvalue weighted by Gasteiger charge is 2.28. The van der Waals surface area contributed by atoms with E-state index in [0.717, 1.165) is 5.52 Å². The molecule has 0 spiro atoms. The molecule has 0 amide bonds. The SMILES string of the molecule is O=S(=O)(c1ccc(Cl)cc1)N1CCN(Cc2nc3cc(Cl)ccc3o2)CC1. The first-order chi connectivity index (χ1) is 12.9. The van der Waals surface area contributed by atoms with Crippen LogP contribution >= 0.6 is 23.2 Å². The fourth-order valence-electron chi connectivity index (χ4n) is 3.09. The maximum absolute atomic E-state index is 12.7. The molecule has 0 N–H and O–H groups in total. The Bertz CT molecular complexity index is 1060. The normalized spacial score (nSPS) is 16.8. The van der Waals surface area contributed by atoms with Gasteiger partial charge in [-0.2, -0.15) is 4.31 Å². The van der Waals surface area contributed by atoms with Crippen LogP contribution in [0.25, 0.3) is 11.1 Å². The summed E-state index contributed by atoms with van der Waals surface area (Å²) >= 11 is 11.8. The van der Waals surface area contributed by atoms with Crippen LogP contribution < -0.4 is 0 Å². The van der Waals surface area contributed by atoms with Crippen molar-refractivity contribution in [1.82, 2.24) is 14.2 Å². The second-order valence-corrected chi connectivity index (χ2v) is 9.16. The third-order valence-corrected chi connectivity index (χ3v) is 6.94. The minimum atomic E-state index is -3.51. The summed E-state index contributed by atoms with van der Waals surface area (Å²) in [7, 11) is -3.51. The first-order valence-corrected chi connectivity index (χ1v) is 10.6. The quantitative estimate of drug-likeness (QED) is 0.638. The van der Waals surface area contributed by atoms with Crippen LogP contribution in [0.5, 0.6) is 0 Å². The summed E-state index contributed by atoms with van der Waals surface area (Å²) in [6.07, 6.45) is 0. The van der Waals surface area contributed by atoms with Crippen LogP contribution in [0, 0.1) is 0 Å². The second kappa shape index (κ2) is 7.41. The number of nitrogens with zero attached hydrogens (tertiary/aromatic N) is 3. The van der Waals surface area contributed by atoms with E-state index in [1.54, 1.807) is 30.3 Å². The molecule has 142 valence electrons. The van der Waals surface area contributed by atoms with Gasteiger partial charge in [0.2, 0.25) is 15.9 Å². The Labute approximate surface area is 167 Å². The summed E-state index contributed by atoms with van der Waals surface area (Å²) < 4.78 is 32.7. The molecule has 2 heterocycles. The minimum absolute atomic E-state index is 0.260. The van der Waals surface area contributed by atoms with Crippen molar-refractivity contribution in [2.45, 2.75) is 11.4 Å². The van der Waals surface area contributed by atoms with E-state index in [2.05, 4.69) is 9.88 Å². The van der Waals surface area contributed by atoms with Crippen molar-refractivity contribution in [3.63, 3.8) is 0 Å². The largest absolute Gasteiger partial charge is 0.439 e. The Hall–Kier alpha value is -1.64. The molecule has 4 rings (SSSR count). The average Bonchev–Trinajstić information content (AvgIpc) is 3.04. The van der Waals surface area contributed by atoms with Gasteiger partial charge in [-0.3, -0.25) is 4.90 Å². The number of hydrogen-bond acceptors (Lipinski definition) is 5. The zero-order valence-electron chi connectivity index (χ0n) is 14.3. The predicted octanol–water partition coefficient (Wildman–Crippen LogP) is 3.64. The number of fused-ring (bicyclic) bond motifs is 1. The van der Waals surface area contributed by atoms with Crippen molar-refractivity contribution in [2.24, 2.45) is 0 Å². The van der Waals surface area contributed by atoms with Crippen molar-refractivity contribution in [3.8, 4) is 0 Å². The lowest BCUT2D eigenvalue weighted by Crippen LogP contribution is -2.48. The van der Waals surface area contributed by atoms with E-state index in [-0.39, 0.29) is 4.90 Å². The zero-order chi connectivity index (χ0) is 19.0. The number of piperazine rings is 1. The van der Waals surface area contributed by atoms with Gasteiger partial charge in [0, 0.05) is 36.2 Å². The van der Waals surface area contributed by atoms with Gasteiger partial charge < -0.3 is 4.42 Å². The molecule has 0 radical (unpaired) electrons. The highest BCUT2D eigenvalue weighted by Crippen LogP contribution is 2.23. The van der Waals surface area contributed by atoms with Crippen LogP contribution in [0.15, 0.2) is 51.8 Å². The molecule has 2 aromatic carbocycles. The topological polar surface area (TPSA) is 66.7 Å². The van der Waals surface area contributed by atoms with Crippen LogP contribution in [0.1, 0.15) is 5.89 Å². The van der Waals surface area contributed by atoms with Gasteiger partial charge in [-0.25, -0.2) is 13.4 Å². The summed E-state index contributed by atoms with van der Waals surface area (Å²) in [5, 5.41) is 1.13. The molecule has 1 aliphatic heterocycles. The van der Waals surface area contributed by atoms with Gasteiger partial charge in [0.15, 0.2) is 5.58 Å². The Kier molecular flexibility index (Phi) is 5.13. The molecule has 0 unspecified atom stereocenters. The lowest BCUT2D eigenvalue weighted by Gasteiger charge is -2.33. The van der Waals surface area contributed by atoms with Gasteiger partial charge in [0.05, 0.1) is 11.4 Å². The third-order valence-electron chi connectivity index (χ3n) is 4.54. The molecule has 0 bridgehead atoms. The average molecular weight is 426 g/mol. The van der Waals surface area contributed by atoms with Crippen LogP contribution in [-0.4, -0.2) is 48.8 Å². The van der Waals surface area contributed by atoms with E-state index in [0.29, 0.717) is 54.2 Å². The van der Waals surface area contributed by atoms with E-state index in [1.165, 1.54) is 16.4 Å². The molecule has 9 heteroatoms. The molecule has 1 fully saturated rings. The van der Waals surface area contributed by atoms with Crippen molar-refractivity contribution in [2.75, 3.05) is 26.2 Å². The molecule has 0 saturated carbocycles. The van der Waals surface area contributed by atoms with E-state index in [4.69, 9.17) is 27.6 Å². The molecule has 0 aliphatic carbocycles. The number of oxazole rings is 1. The van der Waals surface area contributed by atoms with E-state index >= 15 is 0 Å². The standard InChI is InChI=1S/C18H17Cl2N3O3S/c19-13-1-4-15(5-2-13)27(24,25)23-9-7-22(8-10-23)12-18-21-16-11-14(20)3-6-17(16)26-18/h1-6,11H,7-10,12H2. The fraction of sp³-hybridized carbons (Fsp3) is 0.278. The maximum atomic E-state index is 12.7. The number of rotatable bonds is 4. The zero-order valence-corrected chi connectivity index (χ0v) is 16.6. The highest BCUT2D eigenvalue weighted by atomic mass is 35.5. The molecule has 1 aliphatic rings. The van der Waals surface area contributed by atoms with E-state index in [1.807, 2.05) is 0 Å². The smallest absolute Gasteiger partial charge is 0.243 e. The number of benzene rings is 2. The van der Waals surface area contributed by atoms with Crippen LogP contribution in [0.4, 0.5) is 0 Å². The molecule has 3 aromatic rings. The molecular formula is C18H17Cl2N3O3S. The molecule has 6 nitrogen and oxygen atoms in total. The van der Waals surface area contributed by atoms with Crippen LogP contribution in [-0.2, 0) is 16.6 Å². The van der Waals surface area contributed by atoms with Gasteiger partial charge in [-0.1, -0.05) is 23.2 Å². The van der Waals surface area contributed by atoms with Gasteiger partial charge in [-0.15, -0.1) is 0 Å². The van der Waals surface area contributed by atoms with Gasteiger partial charge in [-0.05, 0) is 42.5 Å². The van der Waals surface area contributed by atoms with E-state index in [9.17, 15) is 8.42 Å². The highest BCUT2D eigenvalue weighted by molar-refractivity contribution is 7.89. The summed E-state index contributed by atoms with van der Waals surface area (Å²) in [5.74, 6) is 0.598. The lowest BCUT2D eigenvalue weighted by molar-refractivity contribution is 0.169. The minimum Gasteiger partial charge on any atom is -0.439 e. The lowest BCUT2D eigenvalue weighted by atomic mass is 10.3. The Morgan fingerprint density at radius 2 is 1.63 bits per heavy atom. The summed E-state index contributed by atoms with van der Waals surface area (Å²) in [4.78, 5) is 6.84. The van der Waals surface area contributed by atoms with Crippen molar-refractivity contribution in [3.05, 3.63) is 58.4 Å². The Morgan fingerprint density at radius 1 is 0.963 bits per heavy atom. The summed E-state index contributed by atoms with van der Waals surface area (Å²) in [6, 6.07) is 11.6. The Morgan fingerprint density at radius 3 is 2.33 bits per heavy atom. The fourth-order valence-corrected chi connectivity index (χ4v) is 4.81. The molecular weight excluding hydrogens is 409 g/mol. The molecule has 0 atom stereocenters. The van der Waals surface area contributed by atoms with Gasteiger partial charge in [0.25, 0.3) is 0 Å². The maximum Gasteiger partial charge on any atom is 0.243 e. The van der Waals surface area contributed by atoms with Crippen molar-refractivity contribution >= 4 is 44.3 Å². The predicted molar refractivity (Wildman–Crippen MR) is 105 cm³/mol. The molecule has 27 heavy (non-hydrogen) atoms. The van der Waals surface area contributed by atoms with Gasteiger partial charge in [0.1, 0.15) is 5.52 Å². The number of aromatic nitrogens is 1. The number of hydrogen-bond donors (Lipinski definition) is 0. The summed E-state index contributed by atoms with van der Waals surface area (Å²) in [5.41, 5.74) is 1.42. The van der Waals surface area contributed by atoms with Crippen molar-refractivity contribution in [1.29, 1.82) is 0 Å². The molecule has 1 saturated heterocycles. The first kappa shape index (κ1) is 18.7. The third kappa shape index (κ3) is 3.97. The van der Waals surface area contributed by atoms with Crippen LogP contribution in [0.3, 0.4) is 0 Å². The summed E-state index contributed by atoms with van der Waals surface area (Å²) in [6.45, 7) is 2.56. The molecule has 1 aromatic heterocycles. The Balaban J connectivity index is 1.41. The van der Waals surface area contributed by atoms with Gasteiger partial charge >= 0.3 is 0 Å². The first-order valence-electron chi connectivity index (χ1n) is 8.45. The number of halogens is 2. The van der Waals surface area contributed by atoms with E-state index < -0.39 is 10.0 Å². The monoisotopic (exact) mass is 425 g/mol.